The minimum absolute atomic E-state index is 0.186. The average Bonchev–Trinajstić information content (AvgIpc) is 3.20. The van der Waals surface area contributed by atoms with Gasteiger partial charge in [0.25, 0.3) is 5.91 Å². The van der Waals surface area contributed by atoms with Crippen molar-refractivity contribution in [3.05, 3.63) is 41.5 Å². The summed E-state index contributed by atoms with van der Waals surface area (Å²) < 4.78 is 0. The molecule has 1 fully saturated rings. The van der Waals surface area contributed by atoms with Crippen molar-refractivity contribution in [3.8, 4) is 11.4 Å². The molecule has 1 aromatic carbocycles. The van der Waals surface area contributed by atoms with Gasteiger partial charge in [0, 0.05) is 18.7 Å². The largest absolute Gasteiger partial charge is 0.481 e. The van der Waals surface area contributed by atoms with Gasteiger partial charge in [-0.2, -0.15) is 5.21 Å². The number of hydrogen-bond acceptors (Lipinski definition) is 5. The molecule has 8 nitrogen and oxygen atoms in total. The highest BCUT2D eigenvalue weighted by Gasteiger charge is 2.43. The SMILES string of the molecule is CC(C)=CC[C@]1(C(=O)O)CCCN(C(=O)c2ccccc2-c2nn[nH]n2)C1. The molecule has 27 heavy (non-hydrogen) atoms. The molecule has 1 aliphatic rings. The van der Waals surface area contributed by atoms with E-state index >= 15 is 0 Å². The van der Waals surface area contributed by atoms with Crippen LogP contribution in [-0.2, 0) is 4.79 Å². The predicted octanol–water partition coefficient (Wildman–Crippen LogP) is 2.53. The number of carbonyl (C=O) groups excluding carboxylic acids is 1. The van der Waals surface area contributed by atoms with E-state index < -0.39 is 11.4 Å². The lowest BCUT2D eigenvalue weighted by atomic mass is 9.76. The fraction of sp³-hybridized carbons (Fsp3) is 0.421. The number of tetrazole rings is 1. The van der Waals surface area contributed by atoms with Gasteiger partial charge in [0.15, 0.2) is 0 Å². The number of carbonyl (C=O) groups is 2. The Balaban J connectivity index is 1.90. The van der Waals surface area contributed by atoms with Gasteiger partial charge in [0.1, 0.15) is 0 Å². The van der Waals surface area contributed by atoms with E-state index in [9.17, 15) is 14.7 Å². The maximum atomic E-state index is 13.2. The molecule has 0 radical (unpaired) electrons. The van der Waals surface area contributed by atoms with Gasteiger partial charge >= 0.3 is 5.97 Å². The third kappa shape index (κ3) is 3.89. The molecule has 8 heteroatoms. The van der Waals surface area contributed by atoms with Crippen molar-refractivity contribution in [2.45, 2.75) is 33.1 Å². The first-order valence-corrected chi connectivity index (χ1v) is 8.92. The molecule has 2 heterocycles. The summed E-state index contributed by atoms with van der Waals surface area (Å²) in [7, 11) is 0. The summed E-state index contributed by atoms with van der Waals surface area (Å²) in [6.07, 6.45) is 3.57. The smallest absolute Gasteiger partial charge is 0.311 e. The highest BCUT2D eigenvalue weighted by atomic mass is 16.4. The van der Waals surface area contributed by atoms with Crippen LogP contribution < -0.4 is 0 Å². The number of aromatic amines is 1. The van der Waals surface area contributed by atoms with Crippen molar-refractivity contribution >= 4 is 11.9 Å². The Morgan fingerprint density at radius 3 is 2.78 bits per heavy atom. The van der Waals surface area contributed by atoms with Crippen molar-refractivity contribution in [2.75, 3.05) is 13.1 Å². The Kier molecular flexibility index (Phi) is 5.34. The second kappa shape index (κ2) is 7.69. The number of piperidine rings is 1. The molecule has 1 saturated heterocycles. The number of allylic oxidation sites excluding steroid dienone is 2. The van der Waals surface area contributed by atoms with Gasteiger partial charge in [-0.25, -0.2) is 0 Å². The number of rotatable bonds is 5. The summed E-state index contributed by atoms with van der Waals surface area (Å²) in [6, 6.07) is 7.04. The Hall–Kier alpha value is -3.03. The van der Waals surface area contributed by atoms with Crippen molar-refractivity contribution in [1.82, 2.24) is 25.5 Å². The molecule has 1 atom stereocenters. The first kappa shape index (κ1) is 18.8. The van der Waals surface area contributed by atoms with E-state index in [1.807, 2.05) is 19.9 Å². The van der Waals surface area contributed by atoms with Crippen LogP contribution in [0.2, 0.25) is 0 Å². The Morgan fingerprint density at radius 2 is 2.11 bits per heavy atom. The monoisotopic (exact) mass is 369 g/mol. The van der Waals surface area contributed by atoms with E-state index in [2.05, 4.69) is 20.6 Å². The van der Waals surface area contributed by atoms with Gasteiger partial charge in [-0.05, 0) is 44.4 Å². The van der Waals surface area contributed by atoms with Crippen molar-refractivity contribution in [3.63, 3.8) is 0 Å². The van der Waals surface area contributed by atoms with E-state index in [1.165, 1.54) is 0 Å². The molecule has 0 unspecified atom stereocenters. The number of aliphatic carboxylic acids is 1. The predicted molar refractivity (Wildman–Crippen MR) is 98.9 cm³/mol. The van der Waals surface area contributed by atoms with Crippen LogP contribution in [0.3, 0.4) is 0 Å². The topological polar surface area (TPSA) is 112 Å². The summed E-state index contributed by atoms with van der Waals surface area (Å²) in [5.74, 6) is -0.730. The zero-order chi connectivity index (χ0) is 19.4. The molecular weight excluding hydrogens is 346 g/mol. The van der Waals surface area contributed by atoms with Crippen LogP contribution in [0.4, 0.5) is 0 Å². The Morgan fingerprint density at radius 1 is 1.33 bits per heavy atom. The highest BCUT2D eigenvalue weighted by molar-refractivity contribution is 6.00. The molecular formula is C19H23N5O3. The first-order valence-electron chi connectivity index (χ1n) is 8.92. The van der Waals surface area contributed by atoms with E-state index in [4.69, 9.17) is 0 Å². The van der Waals surface area contributed by atoms with Crippen molar-refractivity contribution in [1.29, 1.82) is 0 Å². The zero-order valence-corrected chi connectivity index (χ0v) is 15.5. The number of carboxylic acids is 1. The summed E-state index contributed by atoms with van der Waals surface area (Å²) in [5, 5.41) is 23.7. The van der Waals surface area contributed by atoms with Gasteiger partial charge < -0.3 is 10.0 Å². The summed E-state index contributed by atoms with van der Waals surface area (Å²) in [6.45, 7) is 4.61. The number of H-pyrrole nitrogens is 1. The summed E-state index contributed by atoms with van der Waals surface area (Å²) in [5.41, 5.74) is 1.14. The van der Waals surface area contributed by atoms with Crippen LogP contribution in [0.15, 0.2) is 35.9 Å². The lowest BCUT2D eigenvalue weighted by Crippen LogP contribution is -2.49. The molecule has 1 aromatic heterocycles. The van der Waals surface area contributed by atoms with Crippen LogP contribution in [0.25, 0.3) is 11.4 Å². The molecule has 142 valence electrons. The Labute approximate surface area is 157 Å². The lowest BCUT2D eigenvalue weighted by molar-refractivity contribution is -0.151. The van der Waals surface area contributed by atoms with Crippen LogP contribution in [0, 0.1) is 5.41 Å². The van der Waals surface area contributed by atoms with Crippen molar-refractivity contribution in [2.24, 2.45) is 5.41 Å². The van der Waals surface area contributed by atoms with Gasteiger partial charge in [-0.1, -0.05) is 29.8 Å². The maximum absolute atomic E-state index is 13.2. The van der Waals surface area contributed by atoms with Gasteiger partial charge in [0.05, 0.1) is 11.0 Å². The number of nitrogens with zero attached hydrogens (tertiary/aromatic N) is 4. The van der Waals surface area contributed by atoms with Crippen molar-refractivity contribution < 1.29 is 14.7 Å². The molecule has 0 spiro atoms. The molecule has 0 bridgehead atoms. The highest BCUT2D eigenvalue weighted by Crippen LogP contribution is 2.36. The fourth-order valence-electron chi connectivity index (χ4n) is 3.44. The number of hydrogen-bond donors (Lipinski definition) is 2. The summed E-state index contributed by atoms with van der Waals surface area (Å²) >= 11 is 0. The summed E-state index contributed by atoms with van der Waals surface area (Å²) in [4.78, 5) is 26.9. The zero-order valence-electron chi connectivity index (χ0n) is 15.5. The first-order chi connectivity index (χ1) is 12.9. The molecule has 2 N–H and O–H groups in total. The maximum Gasteiger partial charge on any atom is 0.311 e. The number of nitrogens with one attached hydrogen (secondary N) is 1. The number of amides is 1. The second-order valence-corrected chi connectivity index (χ2v) is 7.18. The fourth-order valence-corrected chi connectivity index (χ4v) is 3.44. The number of likely N-dealkylation sites (tertiary alicyclic amines) is 1. The van der Waals surface area contributed by atoms with Crippen LogP contribution in [0.5, 0.6) is 0 Å². The average molecular weight is 369 g/mol. The van der Waals surface area contributed by atoms with Crippen LogP contribution >= 0.6 is 0 Å². The molecule has 1 aliphatic heterocycles. The van der Waals surface area contributed by atoms with E-state index in [0.717, 1.165) is 5.57 Å². The lowest BCUT2D eigenvalue weighted by Gasteiger charge is -2.39. The van der Waals surface area contributed by atoms with E-state index in [1.54, 1.807) is 29.2 Å². The number of aromatic nitrogens is 4. The minimum Gasteiger partial charge on any atom is -0.481 e. The number of benzene rings is 1. The number of carboxylic acid groups (broad SMARTS) is 1. The molecule has 0 saturated carbocycles. The second-order valence-electron chi connectivity index (χ2n) is 7.18. The minimum atomic E-state index is -0.952. The third-order valence-corrected chi connectivity index (χ3v) is 4.96. The normalized spacial score (nSPS) is 19.6. The quantitative estimate of drug-likeness (QED) is 0.783. The molecule has 3 rings (SSSR count). The molecule has 2 aromatic rings. The molecule has 1 amide bonds. The Bertz CT molecular complexity index is 858. The van der Waals surface area contributed by atoms with Gasteiger partial charge in [-0.15, -0.1) is 10.2 Å². The van der Waals surface area contributed by atoms with E-state index in [0.29, 0.717) is 42.8 Å². The molecule has 0 aliphatic carbocycles. The van der Waals surface area contributed by atoms with Crippen LogP contribution in [-0.4, -0.2) is 55.6 Å². The standard InChI is InChI=1S/C19H23N5O3/c1-13(2)8-10-19(18(26)27)9-5-11-24(12-19)17(25)15-7-4-3-6-14(15)16-20-22-23-21-16/h3-4,6-8H,5,9-12H2,1-2H3,(H,26,27)(H,20,21,22,23)/t19-/m1/s1. The van der Waals surface area contributed by atoms with E-state index in [-0.39, 0.29) is 12.5 Å². The van der Waals surface area contributed by atoms with Gasteiger partial charge in [0.2, 0.25) is 5.82 Å². The van der Waals surface area contributed by atoms with Crippen LogP contribution in [0.1, 0.15) is 43.5 Å². The van der Waals surface area contributed by atoms with Gasteiger partial charge in [-0.3, -0.25) is 9.59 Å². The third-order valence-electron chi connectivity index (χ3n) is 4.96.